The molecule has 5 heteroatoms. The van der Waals surface area contributed by atoms with Crippen LogP contribution >= 0.6 is 0 Å². The van der Waals surface area contributed by atoms with Crippen LogP contribution in [0, 0.1) is 17.3 Å². The number of hydrogen-bond acceptors (Lipinski definition) is 4. The average molecular weight is 226 g/mol. The van der Waals surface area contributed by atoms with Gasteiger partial charge in [-0.1, -0.05) is 6.92 Å². The van der Waals surface area contributed by atoms with Crippen LogP contribution in [-0.2, 0) is 19.1 Å². The van der Waals surface area contributed by atoms with Crippen molar-refractivity contribution in [2.45, 2.75) is 32.6 Å². The second-order valence-corrected chi connectivity index (χ2v) is 4.63. The molecule has 2 fully saturated rings. The van der Waals surface area contributed by atoms with Crippen LogP contribution in [0.5, 0.6) is 0 Å². The van der Waals surface area contributed by atoms with Crippen LogP contribution in [0.1, 0.15) is 32.6 Å². The summed E-state index contributed by atoms with van der Waals surface area (Å²) in [6.07, 6.45) is 1.60. The lowest BCUT2D eigenvalue weighted by Gasteiger charge is -2.35. The van der Waals surface area contributed by atoms with Crippen molar-refractivity contribution < 1.29 is 24.2 Å². The molecule has 3 atom stereocenters. The second kappa shape index (κ2) is 3.57. The van der Waals surface area contributed by atoms with E-state index < -0.39 is 35.2 Å². The Balaban J connectivity index is 2.24. The van der Waals surface area contributed by atoms with Crippen LogP contribution < -0.4 is 0 Å². The summed E-state index contributed by atoms with van der Waals surface area (Å²) in [6, 6.07) is 0. The summed E-state index contributed by atoms with van der Waals surface area (Å²) in [5, 5.41) is 9.22. The van der Waals surface area contributed by atoms with Gasteiger partial charge in [-0.3, -0.25) is 14.4 Å². The summed E-state index contributed by atoms with van der Waals surface area (Å²) in [6.45, 7) is 1.80. The van der Waals surface area contributed by atoms with E-state index in [0.29, 0.717) is 19.3 Å². The van der Waals surface area contributed by atoms with Crippen LogP contribution in [0.25, 0.3) is 0 Å². The molecule has 1 aliphatic heterocycles. The molecule has 3 unspecified atom stereocenters. The van der Waals surface area contributed by atoms with Gasteiger partial charge in [0.1, 0.15) is 0 Å². The summed E-state index contributed by atoms with van der Waals surface area (Å²) >= 11 is 0. The van der Waals surface area contributed by atoms with Crippen molar-refractivity contribution in [3.05, 3.63) is 0 Å². The highest BCUT2D eigenvalue weighted by atomic mass is 16.6. The maximum Gasteiger partial charge on any atom is 0.317 e. The summed E-state index contributed by atoms with van der Waals surface area (Å²) in [5.74, 6) is -2.86. The Hall–Kier alpha value is -1.39. The molecular weight excluding hydrogens is 212 g/mol. The van der Waals surface area contributed by atoms with Crippen molar-refractivity contribution >= 4 is 17.9 Å². The number of esters is 2. The van der Waals surface area contributed by atoms with Gasteiger partial charge in [-0.15, -0.1) is 0 Å². The molecule has 1 heterocycles. The van der Waals surface area contributed by atoms with Gasteiger partial charge in [-0.2, -0.15) is 0 Å². The van der Waals surface area contributed by atoms with Crippen LogP contribution in [0.3, 0.4) is 0 Å². The molecule has 2 aliphatic rings. The predicted molar refractivity (Wildman–Crippen MR) is 52.3 cm³/mol. The van der Waals surface area contributed by atoms with Gasteiger partial charge in [-0.25, -0.2) is 0 Å². The maximum absolute atomic E-state index is 11.4. The molecule has 1 saturated carbocycles. The number of hydrogen-bond donors (Lipinski definition) is 1. The summed E-state index contributed by atoms with van der Waals surface area (Å²) < 4.78 is 4.56. The lowest BCUT2D eigenvalue weighted by atomic mass is 9.65. The van der Waals surface area contributed by atoms with E-state index in [2.05, 4.69) is 4.74 Å². The fraction of sp³-hybridized carbons (Fsp3) is 0.727. The zero-order valence-corrected chi connectivity index (χ0v) is 9.06. The Morgan fingerprint density at radius 2 is 2.06 bits per heavy atom. The zero-order chi connectivity index (χ0) is 11.9. The third-order valence-electron chi connectivity index (χ3n) is 3.97. The van der Waals surface area contributed by atoms with Crippen molar-refractivity contribution in [2.75, 3.05) is 0 Å². The summed E-state index contributed by atoms with van der Waals surface area (Å²) in [4.78, 5) is 34.0. The molecule has 0 aromatic rings. The Labute approximate surface area is 92.8 Å². The largest absolute Gasteiger partial charge is 0.481 e. The normalized spacial score (nSPS) is 38.1. The lowest BCUT2D eigenvalue weighted by Crippen LogP contribution is -2.40. The number of fused-ring (bicyclic) bond motifs is 1. The SMILES string of the molecule is CCC1(C(=O)O)CCC2C(=O)OC(=O)C2C1. The number of carbonyl (C=O) groups is 3. The fourth-order valence-corrected chi connectivity index (χ4v) is 2.75. The number of carboxylic acid groups (broad SMARTS) is 1. The minimum atomic E-state index is -0.874. The maximum atomic E-state index is 11.4. The molecule has 16 heavy (non-hydrogen) atoms. The first kappa shape index (κ1) is 11.1. The predicted octanol–water partition coefficient (Wildman–Crippen LogP) is 0.967. The van der Waals surface area contributed by atoms with Gasteiger partial charge in [0.2, 0.25) is 0 Å². The first-order chi connectivity index (χ1) is 7.50. The molecule has 0 bridgehead atoms. The molecule has 1 aliphatic carbocycles. The molecule has 0 aromatic carbocycles. The Bertz CT molecular complexity index is 361. The van der Waals surface area contributed by atoms with E-state index in [4.69, 9.17) is 0 Å². The molecule has 0 spiro atoms. The molecule has 2 rings (SSSR count). The Kier molecular flexibility index (Phi) is 2.48. The van der Waals surface area contributed by atoms with Gasteiger partial charge in [0.15, 0.2) is 0 Å². The Morgan fingerprint density at radius 3 is 2.62 bits per heavy atom. The minimum absolute atomic E-state index is 0.230. The van der Waals surface area contributed by atoms with E-state index in [1.807, 2.05) is 0 Å². The number of carbonyl (C=O) groups excluding carboxylic acids is 2. The standard InChI is InChI=1S/C11H14O5/c1-2-11(10(14)15)4-3-6-7(5-11)9(13)16-8(6)12/h6-7H,2-5H2,1H3,(H,14,15). The molecular formula is C11H14O5. The van der Waals surface area contributed by atoms with Crippen molar-refractivity contribution in [3.63, 3.8) is 0 Å². The molecule has 0 amide bonds. The first-order valence-electron chi connectivity index (χ1n) is 5.49. The molecule has 5 nitrogen and oxygen atoms in total. The van der Waals surface area contributed by atoms with E-state index in [9.17, 15) is 19.5 Å². The monoisotopic (exact) mass is 226 g/mol. The highest BCUT2D eigenvalue weighted by Gasteiger charge is 2.54. The van der Waals surface area contributed by atoms with Crippen LogP contribution in [0.4, 0.5) is 0 Å². The van der Waals surface area contributed by atoms with E-state index >= 15 is 0 Å². The van der Waals surface area contributed by atoms with Crippen molar-refractivity contribution in [3.8, 4) is 0 Å². The van der Waals surface area contributed by atoms with Crippen LogP contribution in [0.2, 0.25) is 0 Å². The number of rotatable bonds is 2. The smallest absolute Gasteiger partial charge is 0.317 e. The van der Waals surface area contributed by atoms with Crippen molar-refractivity contribution in [2.24, 2.45) is 17.3 Å². The van der Waals surface area contributed by atoms with E-state index in [0.717, 1.165) is 0 Å². The molecule has 88 valence electrons. The van der Waals surface area contributed by atoms with Crippen LogP contribution in [-0.4, -0.2) is 23.0 Å². The van der Waals surface area contributed by atoms with Gasteiger partial charge in [0, 0.05) is 0 Å². The fourth-order valence-electron chi connectivity index (χ4n) is 2.75. The van der Waals surface area contributed by atoms with Gasteiger partial charge in [-0.05, 0) is 25.7 Å². The number of ether oxygens (including phenoxy) is 1. The zero-order valence-electron chi connectivity index (χ0n) is 9.06. The highest BCUT2D eigenvalue weighted by molar-refractivity contribution is 5.97. The molecule has 0 radical (unpaired) electrons. The number of cyclic esters (lactones) is 2. The molecule has 0 aromatic heterocycles. The highest BCUT2D eigenvalue weighted by Crippen LogP contribution is 2.47. The second-order valence-electron chi connectivity index (χ2n) is 4.63. The van der Waals surface area contributed by atoms with E-state index in [-0.39, 0.29) is 6.42 Å². The van der Waals surface area contributed by atoms with E-state index in [1.165, 1.54) is 0 Å². The third-order valence-corrected chi connectivity index (χ3v) is 3.97. The van der Waals surface area contributed by atoms with Gasteiger partial charge in [0.25, 0.3) is 0 Å². The topological polar surface area (TPSA) is 80.7 Å². The summed E-state index contributed by atoms with van der Waals surface area (Å²) in [5.41, 5.74) is -0.856. The van der Waals surface area contributed by atoms with Gasteiger partial charge >= 0.3 is 17.9 Å². The van der Waals surface area contributed by atoms with Crippen LogP contribution in [0.15, 0.2) is 0 Å². The quantitative estimate of drug-likeness (QED) is 0.560. The Morgan fingerprint density at radius 1 is 1.44 bits per heavy atom. The van der Waals surface area contributed by atoms with E-state index in [1.54, 1.807) is 6.92 Å². The van der Waals surface area contributed by atoms with Crippen molar-refractivity contribution in [1.29, 1.82) is 0 Å². The van der Waals surface area contributed by atoms with Crippen molar-refractivity contribution in [1.82, 2.24) is 0 Å². The number of carboxylic acids is 1. The third kappa shape index (κ3) is 1.42. The molecule has 1 saturated heterocycles. The number of aliphatic carboxylic acids is 1. The molecule has 1 N–H and O–H groups in total. The first-order valence-corrected chi connectivity index (χ1v) is 5.49. The lowest BCUT2D eigenvalue weighted by molar-refractivity contribution is -0.154. The van der Waals surface area contributed by atoms with Gasteiger partial charge < -0.3 is 9.84 Å². The summed E-state index contributed by atoms with van der Waals surface area (Å²) in [7, 11) is 0. The van der Waals surface area contributed by atoms with Gasteiger partial charge in [0.05, 0.1) is 17.3 Å². The minimum Gasteiger partial charge on any atom is -0.481 e. The average Bonchev–Trinajstić information content (AvgIpc) is 2.53.